The Morgan fingerprint density at radius 3 is 2.59 bits per heavy atom. The van der Waals surface area contributed by atoms with Crippen LogP contribution < -0.4 is 15.4 Å². The zero-order valence-corrected chi connectivity index (χ0v) is 12.4. The summed E-state index contributed by atoms with van der Waals surface area (Å²) in [5, 5.41) is 5.57. The maximum atomic E-state index is 12.3. The number of benzene rings is 2. The predicted molar refractivity (Wildman–Crippen MR) is 84.4 cm³/mol. The minimum Gasteiger partial charge on any atom is -0.482 e. The van der Waals surface area contributed by atoms with Crippen molar-refractivity contribution < 1.29 is 14.3 Å². The van der Waals surface area contributed by atoms with E-state index in [9.17, 15) is 9.59 Å². The maximum Gasteiger partial charge on any atom is 0.262 e. The number of rotatable bonds is 2. The summed E-state index contributed by atoms with van der Waals surface area (Å²) in [7, 11) is 0. The zero-order valence-electron chi connectivity index (χ0n) is 12.4. The van der Waals surface area contributed by atoms with Crippen LogP contribution in [0.15, 0.2) is 36.4 Å². The smallest absolute Gasteiger partial charge is 0.262 e. The van der Waals surface area contributed by atoms with Crippen LogP contribution in [-0.4, -0.2) is 18.4 Å². The van der Waals surface area contributed by atoms with Crippen LogP contribution in [0.3, 0.4) is 0 Å². The second kappa shape index (κ2) is 5.52. The molecule has 22 heavy (non-hydrogen) atoms. The molecule has 1 heterocycles. The van der Waals surface area contributed by atoms with Crippen LogP contribution in [0.1, 0.15) is 21.5 Å². The first-order valence-electron chi connectivity index (χ1n) is 6.97. The Hall–Kier alpha value is -2.82. The summed E-state index contributed by atoms with van der Waals surface area (Å²) in [5.41, 5.74) is 4.00. The van der Waals surface area contributed by atoms with Gasteiger partial charge in [0.25, 0.3) is 11.8 Å². The van der Waals surface area contributed by atoms with Gasteiger partial charge in [0.2, 0.25) is 0 Å². The van der Waals surface area contributed by atoms with E-state index in [1.807, 2.05) is 32.0 Å². The minimum atomic E-state index is -0.215. The Balaban J connectivity index is 1.82. The lowest BCUT2D eigenvalue weighted by atomic mass is 10.1. The third-order valence-corrected chi connectivity index (χ3v) is 3.36. The van der Waals surface area contributed by atoms with Crippen molar-refractivity contribution >= 4 is 23.2 Å². The number of hydrogen-bond donors (Lipinski definition) is 2. The van der Waals surface area contributed by atoms with E-state index in [1.165, 1.54) is 0 Å². The molecule has 5 heteroatoms. The van der Waals surface area contributed by atoms with Crippen LogP contribution in [-0.2, 0) is 4.79 Å². The highest BCUT2D eigenvalue weighted by Crippen LogP contribution is 2.28. The summed E-state index contributed by atoms with van der Waals surface area (Å²) < 4.78 is 5.32. The molecule has 0 spiro atoms. The lowest BCUT2D eigenvalue weighted by Gasteiger charge is -2.18. The third kappa shape index (κ3) is 2.93. The van der Waals surface area contributed by atoms with Crippen LogP contribution in [0.4, 0.5) is 11.4 Å². The molecule has 2 aromatic carbocycles. The first kappa shape index (κ1) is 14.1. The highest BCUT2D eigenvalue weighted by atomic mass is 16.5. The lowest BCUT2D eigenvalue weighted by molar-refractivity contribution is -0.118. The molecule has 1 aliphatic heterocycles. The van der Waals surface area contributed by atoms with Crippen LogP contribution in [0.25, 0.3) is 0 Å². The predicted octanol–water partition coefficient (Wildman–Crippen LogP) is 2.89. The SMILES string of the molecule is Cc1cc(C)cc(NC(=O)c2ccc3c(c2)OCC(=O)N3)c1. The summed E-state index contributed by atoms with van der Waals surface area (Å²) in [6.45, 7) is 3.94. The van der Waals surface area contributed by atoms with Crippen LogP contribution >= 0.6 is 0 Å². The van der Waals surface area contributed by atoms with E-state index in [-0.39, 0.29) is 18.4 Å². The van der Waals surface area contributed by atoms with Crippen LogP contribution in [0.5, 0.6) is 5.75 Å². The highest BCUT2D eigenvalue weighted by molar-refractivity contribution is 6.05. The lowest BCUT2D eigenvalue weighted by Crippen LogP contribution is -2.25. The molecule has 0 atom stereocenters. The second-order valence-corrected chi connectivity index (χ2v) is 5.38. The molecule has 0 saturated carbocycles. The van der Waals surface area contributed by atoms with E-state index >= 15 is 0 Å². The summed E-state index contributed by atoms with van der Waals surface area (Å²) in [6, 6.07) is 10.8. The molecule has 0 aliphatic carbocycles. The van der Waals surface area contributed by atoms with Gasteiger partial charge in [-0.15, -0.1) is 0 Å². The Kier molecular flexibility index (Phi) is 3.55. The normalized spacial score (nSPS) is 12.9. The first-order valence-corrected chi connectivity index (χ1v) is 6.97. The van der Waals surface area contributed by atoms with Crippen molar-refractivity contribution in [3.63, 3.8) is 0 Å². The minimum absolute atomic E-state index is 0.0326. The van der Waals surface area contributed by atoms with Gasteiger partial charge in [0.15, 0.2) is 6.61 Å². The molecule has 0 fully saturated rings. The van der Waals surface area contributed by atoms with E-state index in [0.29, 0.717) is 17.0 Å². The van der Waals surface area contributed by atoms with Gasteiger partial charge in [-0.25, -0.2) is 0 Å². The fourth-order valence-corrected chi connectivity index (χ4v) is 2.47. The molecule has 2 amide bonds. The molecule has 0 aromatic heterocycles. The number of nitrogens with one attached hydrogen (secondary N) is 2. The number of amides is 2. The first-order chi connectivity index (χ1) is 10.5. The van der Waals surface area contributed by atoms with Gasteiger partial charge in [-0.1, -0.05) is 6.07 Å². The number of carbonyl (C=O) groups is 2. The van der Waals surface area contributed by atoms with Gasteiger partial charge in [-0.05, 0) is 55.3 Å². The average Bonchev–Trinajstić information content (AvgIpc) is 2.45. The molecule has 0 unspecified atom stereocenters. The van der Waals surface area contributed by atoms with Gasteiger partial charge in [0.05, 0.1) is 5.69 Å². The molecule has 2 N–H and O–H groups in total. The molecule has 5 nitrogen and oxygen atoms in total. The molecule has 0 saturated heterocycles. The van der Waals surface area contributed by atoms with Crippen molar-refractivity contribution in [2.75, 3.05) is 17.2 Å². The van der Waals surface area contributed by atoms with Crippen molar-refractivity contribution in [2.24, 2.45) is 0 Å². The molecule has 2 aromatic rings. The number of fused-ring (bicyclic) bond motifs is 1. The van der Waals surface area contributed by atoms with Gasteiger partial charge in [-0.3, -0.25) is 9.59 Å². The highest BCUT2D eigenvalue weighted by Gasteiger charge is 2.17. The van der Waals surface area contributed by atoms with Gasteiger partial charge in [0, 0.05) is 11.3 Å². The Morgan fingerprint density at radius 1 is 1.14 bits per heavy atom. The molecule has 3 rings (SSSR count). The van der Waals surface area contributed by atoms with Crippen molar-refractivity contribution in [3.8, 4) is 5.75 Å². The largest absolute Gasteiger partial charge is 0.482 e. The summed E-state index contributed by atoms with van der Waals surface area (Å²) in [4.78, 5) is 23.6. The summed E-state index contributed by atoms with van der Waals surface area (Å²) in [6.07, 6.45) is 0. The summed E-state index contributed by atoms with van der Waals surface area (Å²) in [5.74, 6) is 0.0981. The average molecular weight is 296 g/mol. The van der Waals surface area contributed by atoms with Crippen molar-refractivity contribution in [1.29, 1.82) is 0 Å². The Morgan fingerprint density at radius 2 is 1.86 bits per heavy atom. The number of aryl methyl sites for hydroxylation is 2. The van der Waals surface area contributed by atoms with Gasteiger partial charge >= 0.3 is 0 Å². The molecular weight excluding hydrogens is 280 g/mol. The fourth-order valence-electron chi connectivity index (χ4n) is 2.47. The van der Waals surface area contributed by atoms with E-state index in [0.717, 1.165) is 16.8 Å². The quantitative estimate of drug-likeness (QED) is 0.895. The topological polar surface area (TPSA) is 67.4 Å². The number of ether oxygens (including phenoxy) is 1. The monoisotopic (exact) mass is 296 g/mol. The van der Waals surface area contributed by atoms with E-state index < -0.39 is 0 Å². The molecule has 0 bridgehead atoms. The van der Waals surface area contributed by atoms with E-state index in [4.69, 9.17) is 4.74 Å². The number of anilines is 2. The maximum absolute atomic E-state index is 12.3. The van der Waals surface area contributed by atoms with E-state index in [2.05, 4.69) is 10.6 Å². The van der Waals surface area contributed by atoms with Gasteiger partial charge in [0.1, 0.15) is 5.75 Å². The molecule has 1 aliphatic rings. The fraction of sp³-hybridized carbons (Fsp3) is 0.176. The zero-order chi connectivity index (χ0) is 15.7. The number of hydrogen-bond acceptors (Lipinski definition) is 3. The second-order valence-electron chi connectivity index (χ2n) is 5.38. The molecule has 112 valence electrons. The van der Waals surface area contributed by atoms with Crippen molar-refractivity contribution in [2.45, 2.75) is 13.8 Å². The standard InChI is InChI=1S/C17H16N2O3/c1-10-5-11(2)7-13(6-10)18-17(21)12-3-4-14-15(8-12)22-9-16(20)19-14/h3-8H,9H2,1-2H3,(H,18,21)(H,19,20). The van der Waals surface area contributed by atoms with Crippen LogP contribution in [0, 0.1) is 13.8 Å². The molecule has 0 radical (unpaired) electrons. The Labute approximate surface area is 128 Å². The van der Waals surface area contributed by atoms with Gasteiger partial charge in [-0.2, -0.15) is 0 Å². The summed E-state index contributed by atoms with van der Waals surface area (Å²) >= 11 is 0. The number of carbonyl (C=O) groups excluding carboxylic acids is 2. The third-order valence-electron chi connectivity index (χ3n) is 3.36. The van der Waals surface area contributed by atoms with Crippen LogP contribution in [0.2, 0.25) is 0 Å². The van der Waals surface area contributed by atoms with Crippen molar-refractivity contribution in [1.82, 2.24) is 0 Å². The van der Waals surface area contributed by atoms with Gasteiger partial charge < -0.3 is 15.4 Å². The molecular formula is C17H16N2O3. The van der Waals surface area contributed by atoms with Crippen molar-refractivity contribution in [3.05, 3.63) is 53.1 Å². The Bertz CT molecular complexity index is 748. The van der Waals surface area contributed by atoms with E-state index in [1.54, 1.807) is 18.2 Å².